The van der Waals surface area contributed by atoms with Crippen LogP contribution in [0, 0.1) is 17.8 Å². The monoisotopic (exact) mass is 288 g/mol. The maximum atomic E-state index is 3.71. The zero-order chi connectivity index (χ0) is 15.4. The van der Waals surface area contributed by atoms with Crippen LogP contribution in [0.3, 0.4) is 0 Å². The van der Waals surface area contributed by atoms with Crippen LogP contribution in [0.1, 0.15) is 46.2 Å². The van der Waals surface area contributed by atoms with Crippen molar-refractivity contribution in [1.82, 2.24) is 10.2 Å². The molecule has 1 aromatic carbocycles. The van der Waals surface area contributed by atoms with Crippen LogP contribution < -0.4 is 5.32 Å². The molecule has 2 nitrogen and oxygen atoms in total. The third-order valence-electron chi connectivity index (χ3n) is 5.06. The molecule has 0 bridgehead atoms. The number of benzene rings is 1. The van der Waals surface area contributed by atoms with Crippen molar-refractivity contribution in [3.63, 3.8) is 0 Å². The van der Waals surface area contributed by atoms with Crippen molar-refractivity contribution in [3.8, 4) is 0 Å². The molecular formula is C19H32N2. The Hall–Kier alpha value is -0.860. The van der Waals surface area contributed by atoms with E-state index in [4.69, 9.17) is 0 Å². The molecule has 0 aromatic heterocycles. The second kappa shape index (κ2) is 7.42. The van der Waals surface area contributed by atoms with Gasteiger partial charge in [-0.1, -0.05) is 58.0 Å². The molecule has 1 N–H and O–H groups in total. The smallest absolute Gasteiger partial charge is 0.0449 e. The number of hydrogen-bond acceptors (Lipinski definition) is 2. The number of nitrogens with zero attached hydrogens (tertiary/aromatic N) is 1. The van der Waals surface area contributed by atoms with Gasteiger partial charge in [0.15, 0.2) is 0 Å². The Morgan fingerprint density at radius 1 is 1.10 bits per heavy atom. The molecular weight excluding hydrogens is 256 g/mol. The number of piperazine rings is 1. The summed E-state index contributed by atoms with van der Waals surface area (Å²) in [6.45, 7) is 15.3. The first kappa shape index (κ1) is 16.5. The van der Waals surface area contributed by atoms with Gasteiger partial charge in [0.2, 0.25) is 0 Å². The largest absolute Gasteiger partial charge is 0.307 e. The maximum absolute atomic E-state index is 3.71. The van der Waals surface area contributed by atoms with Crippen molar-refractivity contribution < 1.29 is 0 Å². The van der Waals surface area contributed by atoms with E-state index in [0.29, 0.717) is 12.1 Å². The van der Waals surface area contributed by atoms with E-state index in [2.05, 4.69) is 75.2 Å². The lowest BCUT2D eigenvalue weighted by Gasteiger charge is -2.42. The normalized spacial score (nSPS) is 24.2. The van der Waals surface area contributed by atoms with Gasteiger partial charge in [0.25, 0.3) is 0 Å². The Kier molecular flexibility index (Phi) is 5.83. The molecule has 0 amide bonds. The van der Waals surface area contributed by atoms with Crippen LogP contribution >= 0.6 is 0 Å². The molecule has 118 valence electrons. The summed E-state index contributed by atoms with van der Waals surface area (Å²) in [5, 5.41) is 3.71. The van der Waals surface area contributed by atoms with Crippen molar-refractivity contribution in [3.05, 3.63) is 35.9 Å². The Morgan fingerprint density at radius 3 is 2.29 bits per heavy atom. The van der Waals surface area contributed by atoms with Crippen molar-refractivity contribution in [2.45, 2.75) is 46.7 Å². The van der Waals surface area contributed by atoms with Gasteiger partial charge in [-0.3, -0.25) is 4.90 Å². The zero-order valence-electron chi connectivity index (χ0n) is 14.3. The second-order valence-electron chi connectivity index (χ2n) is 7.33. The topological polar surface area (TPSA) is 15.3 Å². The van der Waals surface area contributed by atoms with Gasteiger partial charge in [-0.2, -0.15) is 0 Å². The summed E-state index contributed by atoms with van der Waals surface area (Å²) in [4.78, 5) is 2.69. The fraction of sp³-hybridized carbons (Fsp3) is 0.684. The van der Waals surface area contributed by atoms with Crippen molar-refractivity contribution >= 4 is 0 Å². The summed E-state index contributed by atoms with van der Waals surface area (Å²) in [6, 6.07) is 12.0. The molecule has 1 aliphatic heterocycles. The first-order valence-electron chi connectivity index (χ1n) is 8.51. The SMILES string of the molecule is CC(C)C(CN1CC(c2ccccc2)NCC1C)C(C)C. The molecule has 0 saturated carbocycles. The number of nitrogens with one attached hydrogen (secondary N) is 1. The molecule has 2 heteroatoms. The highest BCUT2D eigenvalue weighted by atomic mass is 15.2. The molecule has 0 spiro atoms. The average molecular weight is 288 g/mol. The minimum atomic E-state index is 0.474. The van der Waals surface area contributed by atoms with E-state index in [1.807, 2.05) is 0 Å². The third kappa shape index (κ3) is 4.31. The lowest BCUT2D eigenvalue weighted by Crippen LogP contribution is -2.53. The van der Waals surface area contributed by atoms with E-state index in [1.165, 1.54) is 12.1 Å². The minimum Gasteiger partial charge on any atom is -0.307 e. The molecule has 0 radical (unpaired) electrons. The van der Waals surface area contributed by atoms with Crippen LogP contribution in [0.5, 0.6) is 0 Å². The van der Waals surface area contributed by atoms with Crippen LogP contribution in [0.4, 0.5) is 0 Å². The minimum absolute atomic E-state index is 0.474. The van der Waals surface area contributed by atoms with E-state index in [-0.39, 0.29) is 0 Å². The summed E-state index contributed by atoms with van der Waals surface area (Å²) in [6.07, 6.45) is 0. The summed E-state index contributed by atoms with van der Waals surface area (Å²) in [5.74, 6) is 2.28. The van der Waals surface area contributed by atoms with Gasteiger partial charge in [-0.25, -0.2) is 0 Å². The van der Waals surface area contributed by atoms with E-state index < -0.39 is 0 Å². The Labute approximate surface area is 130 Å². The van der Waals surface area contributed by atoms with Gasteiger partial charge in [-0.05, 0) is 30.2 Å². The molecule has 2 unspecified atom stereocenters. The number of rotatable bonds is 5. The summed E-state index contributed by atoms with van der Waals surface area (Å²) in [7, 11) is 0. The van der Waals surface area contributed by atoms with Gasteiger partial charge in [0.05, 0.1) is 0 Å². The molecule has 1 saturated heterocycles. The third-order valence-corrected chi connectivity index (χ3v) is 5.06. The fourth-order valence-corrected chi connectivity index (χ4v) is 3.55. The molecule has 1 fully saturated rings. The maximum Gasteiger partial charge on any atom is 0.0449 e. The van der Waals surface area contributed by atoms with Gasteiger partial charge < -0.3 is 5.32 Å². The Balaban J connectivity index is 2.04. The van der Waals surface area contributed by atoms with Crippen molar-refractivity contribution in [2.75, 3.05) is 19.6 Å². The van der Waals surface area contributed by atoms with E-state index >= 15 is 0 Å². The molecule has 2 atom stereocenters. The lowest BCUT2D eigenvalue weighted by atomic mass is 9.84. The van der Waals surface area contributed by atoms with Gasteiger partial charge in [-0.15, -0.1) is 0 Å². The summed E-state index contributed by atoms with van der Waals surface area (Å²) >= 11 is 0. The van der Waals surface area contributed by atoms with Crippen LogP contribution in [-0.4, -0.2) is 30.6 Å². The first-order valence-corrected chi connectivity index (χ1v) is 8.51. The summed E-state index contributed by atoms with van der Waals surface area (Å²) < 4.78 is 0. The molecule has 0 aliphatic carbocycles. The van der Waals surface area contributed by atoms with E-state index in [0.717, 1.165) is 30.8 Å². The second-order valence-corrected chi connectivity index (χ2v) is 7.33. The highest BCUT2D eigenvalue weighted by Crippen LogP contribution is 2.26. The molecule has 1 heterocycles. The predicted octanol–water partition coefficient (Wildman–Crippen LogP) is 3.95. The van der Waals surface area contributed by atoms with Crippen LogP contribution in [0.15, 0.2) is 30.3 Å². The van der Waals surface area contributed by atoms with Crippen LogP contribution in [-0.2, 0) is 0 Å². The molecule has 1 aliphatic rings. The van der Waals surface area contributed by atoms with Gasteiger partial charge >= 0.3 is 0 Å². The fourth-order valence-electron chi connectivity index (χ4n) is 3.55. The van der Waals surface area contributed by atoms with E-state index in [1.54, 1.807) is 0 Å². The van der Waals surface area contributed by atoms with Crippen molar-refractivity contribution in [2.24, 2.45) is 17.8 Å². The lowest BCUT2D eigenvalue weighted by molar-refractivity contribution is 0.0914. The van der Waals surface area contributed by atoms with Gasteiger partial charge in [0, 0.05) is 31.7 Å². The molecule has 1 aromatic rings. The van der Waals surface area contributed by atoms with Gasteiger partial charge in [0.1, 0.15) is 0 Å². The molecule has 2 rings (SSSR count). The molecule has 21 heavy (non-hydrogen) atoms. The first-order chi connectivity index (χ1) is 9.99. The predicted molar refractivity (Wildman–Crippen MR) is 91.4 cm³/mol. The number of hydrogen-bond donors (Lipinski definition) is 1. The summed E-state index contributed by atoms with van der Waals surface area (Å²) in [5.41, 5.74) is 1.42. The highest BCUT2D eigenvalue weighted by molar-refractivity contribution is 5.20. The average Bonchev–Trinajstić information content (AvgIpc) is 2.46. The van der Waals surface area contributed by atoms with Crippen molar-refractivity contribution in [1.29, 1.82) is 0 Å². The Bertz CT molecular complexity index is 405. The highest BCUT2D eigenvalue weighted by Gasteiger charge is 2.29. The Morgan fingerprint density at radius 2 is 1.71 bits per heavy atom. The zero-order valence-corrected chi connectivity index (χ0v) is 14.3. The van der Waals surface area contributed by atoms with E-state index in [9.17, 15) is 0 Å². The van der Waals surface area contributed by atoms with Crippen LogP contribution in [0.25, 0.3) is 0 Å². The van der Waals surface area contributed by atoms with Crippen LogP contribution in [0.2, 0.25) is 0 Å². The standard InChI is InChI=1S/C19H32N2/c1-14(2)18(15(3)4)12-21-13-19(20-11-16(21)5)17-9-7-6-8-10-17/h6-10,14-16,18-20H,11-13H2,1-5H3. The quantitative estimate of drug-likeness (QED) is 0.882.